The number of ether oxygens (including phenoxy) is 1. The van der Waals surface area contributed by atoms with Gasteiger partial charge in [-0.15, -0.1) is 0 Å². The molecule has 4 nitrogen and oxygen atoms in total. The van der Waals surface area contributed by atoms with Crippen LogP contribution in [-0.4, -0.2) is 36.4 Å². The summed E-state index contributed by atoms with van der Waals surface area (Å²) in [5.74, 6) is -0.807. The molecule has 1 atom stereocenters. The van der Waals surface area contributed by atoms with Crippen LogP contribution >= 0.6 is 34.8 Å². The van der Waals surface area contributed by atoms with E-state index >= 15 is 0 Å². The second kappa shape index (κ2) is 7.40. The van der Waals surface area contributed by atoms with E-state index in [1.165, 1.54) is 12.1 Å². The molecule has 0 spiro atoms. The Labute approximate surface area is 132 Å². The fraction of sp³-hybridized carbons (Fsp3) is 0.364. The average molecular weight is 367 g/mol. The number of nitrogens with one attached hydrogen (secondary N) is 1. The van der Waals surface area contributed by atoms with Crippen LogP contribution in [0.4, 0.5) is 13.2 Å². The number of rotatable bonds is 5. The SMILES string of the molecule is O=C(COc1cc(Cl)c(Cl)cc1Cl)NCC(O)C(F)(F)F. The van der Waals surface area contributed by atoms with Gasteiger partial charge in [-0.3, -0.25) is 4.79 Å². The minimum atomic E-state index is -4.80. The summed E-state index contributed by atoms with van der Waals surface area (Å²) in [6.07, 6.45) is -7.45. The molecular weight excluding hydrogens is 357 g/mol. The van der Waals surface area contributed by atoms with Gasteiger partial charge in [0.15, 0.2) is 12.7 Å². The first kappa shape index (κ1) is 18.2. The fourth-order valence-electron chi connectivity index (χ4n) is 1.14. The van der Waals surface area contributed by atoms with Gasteiger partial charge in [0.2, 0.25) is 0 Å². The molecule has 0 radical (unpaired) electrons. The van der Waals surface area contributed by atoms with Crippen molar-refractivity contribution in [1.29, 1.82) is 0 Å². The number of carbonyl (C=O) groups is 1. The van der Waals surface area contributed by atoms with Gasteiger partial charge in [-0.05, 0) is 6.07 Å². The minimum absolute atomic E-state index is 0.0533. The third-order valence-electron chi connectivity index (χ3n) is 2.20. The Morgan fingerprint density at radius 1 is 1.24 bits per heavy atom. The van der Waals surface area contributed by atoms with Crippen molar-refractivity contribution in [2.45, 2.75) is 12.3 Å². The topological polar surface area (TPSA) is 58.6 Å². The van der Waals surface area contributed by atoms with Crippen LogP contribution < -0.4 is 10.1 Å². The summed E-state index contributed by atoms with van der Waals surface area (Å²) in [6.45, 7) is -1.57. The van der Waals surface area contributed by atoms with Crippen LogP contribution in [0.2, 0.25) is 15.1 Å². The number of aliphatic hydroxyl groups is 1. The zero-order chi connectivity index (χ0) is 16.2. The van der Waals surface area contributed by atoms with E-state index in [4.69, 9.17) is 44.6 Å². The first-order valence-corrected chi connectivity index (χ1v) is 6.53. The largest absolute Gasteiger partial charge is 0.482 e. The molecule has 1 aromatic carbocycles. The number of hydrogen-bond donors (Lipinski definition) is 2. The van der Waals surface area contributed by atoms with Crippen molar-refractivity contribution < 1.29 is 27.8 Å². The highest BCUT2D eigenvalue weighted by Gasteiger charge is 2.38. The molecule has 0 saturated carbocycles. The molecule has 2 N–H and O–H groups in total. The molecule has 0 aliphatic rings. The highest BCUT2D eigenvalue weighted by atomic mass is 35.5. The minimum Gasteiger partial charge on any atom is -0.482 e. The molecule has 1 aromatic rings. The molecule has 10 heteroatoms. The monoisotopic (exact) mass is 365 g/mol. The van der Waals surface area contributed by atoms with Gasteiger partial charge in [0.05, 0.1) is 21.6 Å². The third kappa shape index (κ3) is 5.78. The average Bonchev–Trinajstić information content (AvgIpc) is 2.37. The number of alkyl halides is 3. The molecule has 0 saturated heterocycles. The van der Waals surface area contributed by atoms with Crippen LogP contribution in [0.5, 0.6) is 5.75 Å². The van der Waals surface area contributed by atoms with Crippen molar-refractivity contribution in [3.8, 4) is 5.75 Å². The van der Waals surface area contributed by atoms with Crippen LogP contribution in [0.3, 0.4) is 0 Å². The molecule has 1 amide bonds. The maximum atomic E-state index is 12.0. The first-order chi connectivity index (χ1) is 9.61. The molecular formula is C11H9Cl3F3NO3. The lowest BCUT2D eigenvalue weighted by atomic mass is 10.3. The Kier molecular flexibility index (Phi) is 6.40. The Balaban J connectivity index is 2.49. The van der Waals surface area contributed by atoms with Crippen molar-refractivity contribution in [2.75, 3.05) is 13.2 Å². The molecule has 0 bridgehead atoms. The van der Waals surface area contributed by atoms with Crippen LogP contribution in [0.15, 0.2) is 12.1 Å². The van der Waals surface area contributed by atoms with E-state index < -0.39 is 31.3 Å². The summed E-state index contributed by atoms with van der Waals surface area (Å²) >= 11 is 17.2. The molecule has 118 valence electrons. The van der Waals surface area contributed by atoms with Gasteiger partial charge >= 0.3 is 6.18 Å². The highest BCUT2D eigenvalue weighted by molar-refractivity contribution is 6.43. The maximum Gasteiger partial charge on any atom is 0.416 e. The summed E-state index contributed by atoms with van der Waals surface area (Å²) < 4.78 is 41.0. The summed E-state index contributed by atoms with van der Waals surface area (Å²) in [7, 11) is 0. The molecule has 0 fully saturated rings. The van der Waals surface area contributed by atoms with E-state index in [0.29, 0.717) is 0 Å². The van der Waals surface area contributed by atoms with Gasteiger partial charge in [-0.2, -0.15) is 13.2 Å². The van der Waals surface area contributed by atoms with Crippen LogP contribution in [-0.2, 0) is 4.79 Å². The molecule has 0 aliphatic carbocycles. The van der Waals surface area contributed by atoms with Crippen molar-refractivity contribution in [1.82, 2.24) is 5.32 Å². The standard InChI is InChI=1S/C11H9Cl3F3NO3/c12-5-1-7(14)8(2-6(5)13)21-4-10(20)18-3-9(19)11(15,16)17/h1-2,9,19H,3-4H2,(H,18,20). The normalized spacial score (nSPS) is 12.9. The van der Waals surface area contributed by atoms with Crippen molar-refractivity contribution in [2.24, 2.45) is 0 Å². The number of hydrogen-bond acceptors (Lipinski definition) is 3. The highest BCUT2D eigenvalue weighted by Crippen LogP contribution is 2.33. The van der Waals surface area contributed by atoms with Crippen molar-refractivity contribution in [3.63, 3.8) is 0 Å². The van der Waals surface area contributed by atoms with Gasteiger partial charge in [0.25, 0.3) is 5.91 Å². The Bertz CT molecular complexity index is 525. The smallest absolute Gasteiger partial charge is 0.416 e. The zero-order valence-electron chi connectivity index (χ0n) is 10.2. The van der Waals surface area contributed by atoms with Crippen LogP contribution in [0.25, 0.3) is 0 Å². The van der Waals surface area contributed by atoms with E-state index in [1.54, 1.807) is 0 Å². The molecule has 1 unspecified atom stereocenters. The number of halogens is 6. The number of amides is 1. The summed E-state index contributed by atoms with van der Waals surface area (Å²) in [5.41, 5.74) is 0. The van der Waals surface area contributed by atoms with Gasteiger partial charge in [0.1, 0.15) is 5.75 Å². The Morgan fingerprint density at radius 3 is 2.38 bits per heavy atom. The van der Waals surface area contributed by atoms with Crippen LogP contribution in [0, 0.1) is 0 Å². The maximum absolute atomic E-state index is 12.0. The predicted octanol–water partition coefficient (Wildman–Crippen LogP) is 3.07. The summed E-state index contributed by atoms with van der Waals surface area (Å²) in [5, 5.41) is 11.0. The number of benzene rings is 1. The van der Waals surface area contributed by atoms with Gasteiger partial charge in [-0.25, -0.2) is 0 Å². The lowest BCUT2D eigenvalue weighted by Crippen LogP contribution is -2.42. The van der Waals surface area contributed by atoms with Crippen LogP contribution in [0.1, 0.15) is 0 Å². The molecule has 0 aromatic heterocycles. The predicted molar refractivity (Wildman–Crippen MR) is 72.0 cm³/mol. The number of carbonyl (C=O) groups excluding carboxylic acids is 1. The summed E-state index contributed by atoms with van der Waals surface area (Å²) in [4.78, 5) is 11.3. The second-order valence-corrected chi connectivity index (χ2v) is 5.07. The fourth-order valence-corrected chi connectivity index (χ4v) is 1.73. The molecule has 0 heterocycles. The molecule has 1 rings (SSSR count). The van der Waals surface area contributed by atoms with E-state index in [0.717, 1.165) is 0 Å². The summed E-state index contributed by atoms with van der Waals surface area (Å²) in [6, 6.07) is 2.57. The van der Waals surface area contributed by atoms with E-state index in [9.17, 15) is 18.0 Å². The zero-order valence-corrected chi connectivity index (χ0v) is 12.4. The lowest BCUT2D eigenvalue weighted by molar-refractivity contribution is -0.201. The lowest BCUT2D eigenvalue weighted by Gasteiger charge is -2.15. The Hall–Kier alpha value is -0.890. The van der Waals surface area contributed by atoms with Gasteiger partial charge in [0, 0.05) is 6.07 Å². The van der Waals surface area contributed by atoms with E-state index in [-0.39, 0.29) is 20.8 Å². The van der Waals surface area contributed by atoms with Crippen molar-refractivity contribution in [3.05, 3.63) is 27.2 Å². The van der Waals surface area contributed by atoms with E-state index in [2.05, 4.69) is 0 Å². The van der Waals surface area contributed by atoms with Gasteiger partial charge < -0.3 is 15.2 Å². The quantitative estimate of drug-likeness (QED) is 0.788. The Morgan fingerprint density at radius 2 is 1.81 bits per heavy atom. The second-order valence-electron chi connectivity index (χ2n) is 3.85. The molecule has 0 aliphatic heterocycles. The number of aliphatic hydroxyl groups excluding tert-OH is 1. The molecule has 21 heavy (non-hydrogen) atoms. The van der Waals surface area contributed by atoms with Crippen molar-refractivity contribution >= 4 is 40.7 Å². The van der Waals surface area contributed by atoms with E-state index in [1.807, 2.05) is 5.32 Å². The third-order valence-corrected chi connectivity index (χ3v) is 3.22. The van der Waals surface area contributed by atoms with Gasteiger partial charge in [-0.1, -0.05) is 34.8 Å². The first-order valence-electron chi connectivity index (χ1n) is 5.40.